The predicted octanol–water partition coefficient (Wildman–Crippen LogP) is 3.57. The Morgan fingerprint density at radius 1 is 1.39 bits per heavy atom. The Labute approximate surface area is 135 Å². The number of hydrogen-bond donors (Lipinski definition) is 1. The Hall–Kier alpha value is -2.24. The minimum absolute atomic E-state index is 0.00787. The quantitative estimate of drug-likeness (QED) is 0.939. The van der Waals surface area contributed by atoms with Crippen LogP contribution in [0.1, 0.15) is 48.8 Å². The Morgan fingerprint density at radius 2 is 2.22 bits per heavy atom. The third-order valence-corrected chi connectivity index (χ3v) is 4.31. The molecule has 3 heterocycles. The summed E-state index contributed by atoms with van der Waals surface area (Å²) >= 11 is 0. The average molecular weight is 317 g/mol. The van der Waals surface area contributed by atoms with E-state index in [-0.39, 0.29) is 12.1 Å². The van der Waals surface area contributed by atoms with E-state index in [2.05, 4.69) is 17.4 Å². The third-order valence-electron chi connectivity index (χ3n) is 4.31. The summed E-state index contributed by atoms with van der Waals surface area (Å²) in [5.74, 6) is 3.05. The van der Waals surface area contributed by atoms with Gasteiger partial charge in [-0.1, -0.05) is 12.1 Å². The smallest absolute Gasteiger partial charge is 0.318 e. The Balaban J connectivity index is 1.68. The van der Waals surface area contributed by atoms with Crippen molar-refractivity contribution < 1.29 is 13.7 Å². The lowest BCUT2D eigenvalue weighted by molar-refractivity contribution is 0.118. The number of hydrogen-bond acceptors (Lipinski definition) is 4. The van der Waals surface area contributed by atoms with E-state index in [0.29, 0.717) is 12.5 Å². The first-order chi connectivity index (χ1) is 11.0. The molecule has 1 aliphatic rings. The van der Waals surface area contributed by atoms with Gasteiger partial charge in [-0.05, 0) is 44.7 Å². The van der Waals surface area contributed by atoms with Crippen molar-refractivity contribution in [1.29, 1.82) is 0 Å². The van der Waals surface area contributed by atoms with Crippen molar-refractivity contribution in [3.8, 4) is 0 Å². The number of aryl methyl sites for hydroxylation is 2. The normalized spacial score (nSPS) is 21.4. The van der Waals surface area contributed by atoms with Gasteiger partial charge < -0.3 is 19.2 Å². The van der Waals surface area contributed by atoms with E-state index in [1.165, 1.54) is 0 Å². The van der Waals surface area contributed by atoms with Crippen LogP contribution in [0.2, 0.25) is 0 Å². The summed E-state index contributed by atoms with van der Waals surface area (Å²) < 4.78 is 10.8. The topological polar surface area (TPSA) is 71.5 Å². The predicted molar refractivity (Wildman–Crippen MR) is 84.8 cm³/mol. The maximum Gasteiger partial charge on any atom is 0.318 e. The number of rotatable bonds is 3. The number of carbonyl (C=O) groups is 1. The van der Waals surface area contributed by atoms with Gasteiger partial charge in [-0.2, -0.15) is 0 Å². The van der Waals surface area contributed by atoms with Gasteiger partial charge in [0.2, 0.25) is 0 Å². The van der Waals surface area contributed by atoms with Crippen LogP contribution in [-0.2, 0) is 6.54 Å². The highest BCUT2D eigenvalue weighted by atomic mass is 16.5. The summed E-state index contributed by atoms with van der Waals surface area (Å²) in [4.78, 5) is 14.5. The molecule has 1 saturated heterocycles. The van der Waals surface area contributed by atoms with Crippen molar-refractivity contribution in [2.24, 2.45) is 5.92 Å². The largest absolute Gasteiger partial charge is 0.464 e. The number of nitrogens with zero attached hydrogens (tertiary/aromatic N) is 2. The van der Waals surface area contributed by atoms with Crippen LogP contribution >= 0.6 is 0 Å². The molecule has 0 saturated carbocycles. The second kappa shape index (κ2) is 6.48. The number of likely N-dealkylation sites (tertiary alicyclic amines) is 1. The monoisotopic (exact) mass is 317 g/mol. The summed E-state index contributed by atoms with van der Waals surface area (Å²) in [5, 5.41) is 6.82. The summed E-state index contributed by atoms with van der Waals surface area (Å²) in [7, 11) is 0. The Kier molecular flexibility index (Phi) is 4.41. The average Bonchev–Trinajstić information content (AvgIpc) is 3.13. The number of amides is 2. The molecule has 0 radical (unpaired) electrons. The molecule has 124 valence electrons. The minimum atomic E-state index is -0.0865. The SMILES string of the molecule is Cc1cc(CNC(=O)N2CC[C@@H](C)C[C@@H]2c2ccc(C)o2)no1. The summed E-state index contributed by atoms with van der Waals surface area (Å²) in [6, 6.07) is 5.65. The maximum absolute atomic E-state index is 12.6. The van der Waals surface area contributed by atoms with Gasteiger partial charge in [0.25, 0.3) is 0 Å². The maximum atomic E-state index is 12.6. The van der Waals surface area contributed by atoms with Crippen LogP contribution in [0.5, 0.6) is 0 Å². The standard InChI is InChI=1S/C17H23N3O3/c1-11-6-7-20(15(8-11)16-5-4-12(2)22-16)17(21)18-10-14-9-13(3)23-19-14/h4-5,9,11,15H,6-8,10H2,1-3H3,(H,18,21)/t11-,15-/m1/s1. The van der Waals surface area contributed by atoms with Gasteiger partial charge in [-0.15, -0.1) is 0 Å². The van der Waals surface area contributed by atoms with Crippen molar-refractivity contribution in [2.45, 2.75) is 46.2 Å². The van der Waals surface area contributed by atoms with E-state index in [1.807, 2.05) is 36.9 Å². The van der Waals surface area contributed by atoms with Crippen molar-refractivity contribution in [2.75, 3.05) is 6.54 Å². The molecule has 0 unspecified atom stereocenters. The fourth-order valence-corrected chi connectivity index (χ4v) is 3.06. The van der Waals surface area contributed by atoms with Crippen LogP contribution in [-0.4, -0.2) is 22.6 Å². The molecule has 2 aromatic heterocycles. The van der Waals surface area contributed by atoms with E-state index in [4.69, 9.17) is 8.94 Å². The number of aromatic nitrogens is 1. The number of carbonyl (C=O) groups excluding carboxylic acids is 1. The molecule has 6 nitrogen and oxygen atoms in total. The van der Waals surface area contributed by atoms with Crippen LogP contribution in [0.25, 0.3) is 0 Å². The highest BCUT2D eigenvalue weighted by Crippen LogP contribution is 2.34. The van der Waals surface area contributed by atoms with Crippen LogP contribution in [0.3, 0.4) is 0 Å². The molecule has 0 bridgehead atoms. The fraction of sp³-hybridized carbons (Fsp3) is 0.529. The van der Waals surface area contributed by atoms with Crippen LogP contribution in [0.4, 0.5) is 4.79 Å². The van der Waals surface area contributed by atoms with E-state index >= 15 is 0 Å². The van der Waals surface area contributed by atoms with Crippen LogP contribution in [0.15, 0.2) is 27.1 Å². The second-order valence-electron chi connectivity index (χ2n) is 6.37. The highest BCUT2D eigenvalue weighted by Gasteiger charge is 2.32. The van der Waals surface area contributed by atoms with Gasteiger partial charge in [0.1, 0.15) is 23.0 Å². The highest BCUT2D eigenvalue weighted by molar-refractivity contribution is 5.74. The molecule has 1 N–H and O–H groups in total. The lowest BCUT2D eigenvalue weighted by atomic mass is 9.91. The summed E-state index contributed by atoms with van der Waals surface area (Å²) in [6.07, 6.45) is 1.93. The molecule has 6 heteroatoms. The zero-order valence-corrected chi connectivity index (χ0v) is 13.8. The molecule has 1 fully saturated rings. The molecule has 2 amide bonds. The lowest BCUT2D eigenvalue weighted by Crippen LogP contribution is -2.45. The first kappa shape index (κ1) is 15.6. The van der Waals surface area contributed by atoms with Crippen molar-refractivity contribution in [3.05, 3.63) is 41.2 Å². The summed E-state index contributed by atoms with van der Waals surface area (Å²) in [6.45, 7) is 7.07. The summed E-state index contributed by atoms with van der Waals surface area (Å²) in [5.41, 5.74) is 0.728. The van der Waals surface area contributed by atoms with Crippen molar-refractivity contribution >= 4 is 6.03 Å². The van der Waals surface area contributed by atoms with Crippen LogP contribution < -0.4 is 5.32 Å². The van der Waals surface area contributed by atoms with E-state index in [1.54, 1.807) is 0 Å². The van der Waals surface area contributed by atoms with Gasteiger partial charge in [0, 0.05) is 12.6 Å². The van der Waals surface area contributed by atoms with Gasteiger partial charge in [0.05, 0.1) is 12.6 Å². The zero-order chi connectivity index (χ0) is 16.4. The Bertz CT molecular complexity index is 676. The molecule has 2 atom stereocenters. The van der Waals surface area contributed by atoms with E-state index in [9.17, 15) is 4.79 Å². The molecular formula is C17H23N3O3. The molecule has 1 aliphatic heterocycles. The van der Waals surface area contributed by atoms with Gasteiger partial charge >= 0.3 is 6.03 Å². The molecule has 0 aliphatic carbocycles. The molecule has 3 rings (SSSR count). The number of furan rings is 1. The van der Waals surface area contributed by atoms with Gasteiger partial charge in [0.15, 0.2) is 0 Å². The fourth-order valence-electron chi connectivity index (χ4n) is 3.06. The molecule has 2 aromatic rings. The van der Waals surface area contributed by atoms with Gasteiger partial charge in [-0.3, -0.25) is 0 Å². The van der Waals surface area contributed by atoms with E-state index < -0.39 is 0 Å². The number of urea groups is 1. The van der Waals surface area contributed by atoms with Crippen molar-refractivity contribution in [1.82, 2.24) is 15.4 Å². The zero-order valence-electron chi connectivity index (χ0n) is 13.8. The second-order valence-corrected chi connectivity index (χ2v) is 6.37. The molecule has 0 aromatic carbocycles. The molecule has 23 heavy (non-hydrogen) atoms. The molecular weight excluding hydrogens is 294 g/mol. The lowest BCUT2D eigenvalue weighted by Gasteiger charge is -2.37. The van der Waals surface area contributed by atoms with E-state index in [0.717, 1.165) is 42.4 Å². The number of nitrogens with one attached hydrogen (secondary N) is 1. The minimum Gasteiger partial charge on any atom is -0.464 e. The number of piperidine rings is 1. The van der Waals surface area contributed by atoms with Crippen LogP contribution in [0, 0.1) is 19.8 Å². The van der Waals surface area contributed by atoms with Crippen molar-refractivity contribution in [3.63, 3.8) is 0 Å². The van der Waals surface area contributed by atoms with Gasteiger partial charge in [-0.25, -0.2) is 4.79 Å². The third kappa shape index (κ3) is 3.57. The first-order valence-electron chi connectivity index (χ1n) is 8.06. The first-order valence-corrected chi connectivity index (χ1v) is 8.06. The molecule has 0 spiro atoms. The Morgan fingerprint density at radius 3 is 2.87 bits per heavy atom.